The number of hydrogen-bond donors (Lipinski definition) is 1. The van der Waals surface area contributed by atoms with Crippen LogP contribution in [0.25, 0.3) is 0 Å². The van der Waals surface area contributed by atoms with Crippen molar-refractivity contribution in [2.45, 2.75) is 59.4 Å². The molecule has 0 saturated carbocycles. The van der Waals surface area contributed by atoms with Crippen molar-refractivity contribution in [2.75, 3.05) is 20.1 Å². The molecule has 148 valence electrons. The fourth-order valence-corrected chi connectivity index (χ4v) is 4.33. The molecule has 2 atom stereocenters. The summed E-state index contributed by atoms with van der Waals surface area (Å²) >= 11 is 0. The van der Waals surface area contributed by atoms with Gasteiger partial charge in [0.1, 0.15) is 18.1 Å². The van der Waals surface area contributed by atoms with Crippen LogP contribution in [0.3, 0.4) is 0 Å². The molecule has 26 heavy (non-hydrogen) atoms. The van der Waals surface area contributed by atoms with Crippen molar-refractivity contribution < 1.29 is 23.4 Å². The van der Waals surface area contributed by atoms with E-state index in [9.17, 15) is 9.36 Å². The van der Waals surface area contributed by atoms with Gasteiger partial charge in [-0.1, -0.05) is 45.9 Å². The first-order chi connectivity index (χ1) is 12.1. The second-order valence-electron chi connectivity index (χ2n) is 6.86. The first kappa shape index (κ1) is 22.7. The third-order valence-corrected chi connectivity index (χ3v) is 5.74. The first-order valence-corrected chi connectivity index (χ1v) is 10.8. The van der Waals surface area contributed by atoms with Gasteiger partial charge in [0.15, 0.2) is 0 Å². The predicted octanol–water partition coefficient (Wildman–Crippen LogP) is 4.65. The van der Waals surface area contributed by atoms with Crippen molar-refractivity contribution in [2.24, 2.45) is 0 Å². The highest BCUT2D eigenvalue weighted by atomic mass is 31.2. The van der Waals surface area contributed by atoms with Gasteiger partial charge in [-0.3, -0.25) is 9.36 Å². The molecule has 0 aliphatic rings. The number of ether oxygens (including phenoxy) is 2. The molecular formula is C19H32NO5P. The first-order valence-electron chi connectivity index (χ1n) is 9.00. The fourth-order valence-electron chi connectivity index (χ4n) is 2.61. The lowest BCUT2D eigenvalue weighted by molar-refractivity contribution is -0.144. The van der Waals surface area contributed by atoms with Crippen LogP contribution in [0.2, 0.25) is 0 Å². The van der Waals surface area contributed by atoms with Gasteiger partial charge in [-0.2, -0.15) is 0 Å². The Bertz CT molecular complexity index is 619. The summed E-state index contributed by atoms with van der Waals surface area (Å²) in [7, 11) is -2.03. The van der Waals surface area contributed by atoms with Crippen LogP contribution in [0.4, 0.5) is 0 Å². The summed E-state index contributed by atoms with van der Waals surface area (Å²) in [6.45, 7) is 11.8. The molecule has 0 fully saturated rings. The Kier molecular flexibility index (Phi) is 8.81. The van der Waals surface area contributed by atoms with Crippen molar-refractivity contribution in [3.63, 3.8) is 0 Å². The Morgan fingerprint density at radius 2 is 1.65 bits per heavy atom. The number of carbonyl (C=O) groups excluding carboxylic acids is 1. The maximum atomic E-state index is 13.4. The Hall–Kier alpha value is -1.36. The molecular weight excluding hydrogens is 353 g/mol. The number of esters is 1. The normalized spacial score (nSPS) is 15.0. The summed E-state index contributed by atoms with van der Waals surface area (Å²) in [5.41, 5.74) is 1.94. The zero-order valence-corrected chi connectivity index (χ0v) is 17.8. The third kappa shape index (κ3) is 6.11. The molecule has 1 N–H and O–H groups in total. The summed E-state index contributed by atoms with van der Waals surface area (Å²) < 4.78 is 29.5. The fraction of sp³-hybridized carbons (Fsp3) is 0.632. The van der Waals surface area contributed by atoms with E-state index in [2.05, 4.69) is 32.8 Å². The van der Waals surface area contributed by atoms with E-state index >= 15 is 0 Å². The molecule has 1 aromatic carbocycles. The van der Waals surface area contributed by atoms with Gasteiger partial charge in [-0.15, -0.1) is 0 Å². The molecule has 0 bridgehead atoms. The van der Waals surface area contributed by atoms with Crippen LogP contribution in [-0.4, -0.2) is 32.1 Å². The van der Waals surface area contributed by atoms with E-state index in [0.29, 0.717) is 5.75 Å². The maximum absolute atomic E-state index is 13.4. The lowest BCUT2D eigenvalue weighted by Gasteiger charge is -2.27. The molecule has 1 unspecified atom stereocenters. The van der Waals surface area contributed by atoms with Crippen LogP contribution in [-0.2, 0) is 18.8 Å². The SMILES string of the molecule is CCOC(=O)[C@H](C)NP(=O)(COC)Oc1c(C(C)C)cccc1C(C)C. The highest BCUT2D eigenvalue weighted by Gasteiger charge is 2.32. The summed E-state index contributed by atoms with van der Waals surface area (Å²) in [5.74, 6) is 0.513. The van der Waals surface area contributed by atoms with E-state index in [0.717, 1.165) is 11.1 Å². The Morgan fingerprint density at radius 3 is 2.08 bits per heavy atom. The predicted molar refractivity (Wildman–Crippen MR) is 104 cm³/mol. The third-order valence-electron chi connectivity index (χ3n) is 3.89. The van der Waals surface area contributed by atoms with Crippen molar-refractivity contribution in [1.29, 1.82) is 0 Å². The van der Waals surface area contributed by atoms with Gasteiger partial charge in [0.05, 0.1) is 6.61 Å². The van der Waals surface area contributed by atoms with Crippen molar-refractivity contribution >= 4 is 13.5 Å². The highest BCUT2D eigenvalue weighted by molar-refractivity contribution is 7.57. The minimum atomic E-state index is -3.48. The molecule has 1 rings (SSSR count). The number of methoxy groups -OCH3 is 1. The van der Waals surface area contributed by atoms with Gasteiger partial charge < -0.3 is 14.0 Å². The molecule has 1 aromatic rings. The zero-order chi connectivity index (χ0) is 19.9. The molecule has 0 aliphatic carbocycles. The van der Waals surface area contributed by atoms with E-state index in [1.807, 2.05) is 18.2 Å². The van der Waals surface area contributed by atoms with Gasteiger partial charge in [0, 0.05) is 7.11 Å². The zero-order valence-electron chi connectivity index (χ0n) is 16.9. The Labute approximate surface area is 157 Å². The second-order valence-corrected chi connectivity index (χ2v) is 8.91. The van der Waals surface area contributed by atoms with E-state index in [-0.39, 0.29) is 24.8 Å². The van der Waals surface area contributed by atoms with Crippen molar-refractivity contribution in [1.82, 2.24) is 5.09 Å². The molecule has 0 aliphatic heterocycles. The molecule has 7 heteroatoms. The number of hydrogen-bond acceptors (Lipinski definition) is 5. The largest absolute Gasteiger partial charge is 0.465 e. The van der Waals surface area contributed by atoms with Gasteiger partial charge in [0.2, 0.25) is 0 Å². The monoisotopic (exact) mass is 385 g/mol. The molecule has 0 spiro atoms. The minimum Gasteiger partial charge on any atom is -0.465 e. The lowest BCUT2D eigenvalue weighted by atomic mass is 9.94. The van der Waals surface area contributed by atoms with Crippen LogP contribution >= 0.6 is 7.52 Å². The summed E-state index contributed by atoms with van der Waals surface area (Å²) in [6, 6.07) is 5.15. The molecule has 0 saturated heterocycles. The summed E-state index contributed by atoms with van der Waals surface area (Å²) in [6.07, 6.45) is -0.152. The highest BCUT2D eigenvalue weighted by Crippen LogP contribution is 2.48. The molecule has 0 heterocycles. The van der Waals surface area contributed by atoms with Gasteiger partial charge in [0.25, 0.3) is 0 Å². The van der Waals surface area contributed by atoms with Gasteiger partial charge in [-0.25, -0.2) is 5.09 Å². The number of benzene rings is 1. The molecule has 0 aromatic heterocycles. The van der Waals surface area contributed by atoms with Crippen LogP contribution in [0.1, 0.15) is 64.5 Å². The number of carbonyl (C=O) groups is 1. The van der Waals surface area contributed by atoms with Gasteiger partial charge in [-0.05, 0) is 36.8 Å². The minimum absolute atomic E-state index is 0.152. The van der Waals surface area contributed by atoms with E-state index in [1.165, 1.54) is 7.11 Å². The lowest BCUT2D eigenvalue weighted by Crippen LogP contribution is -2.35. The number of para-hydroxylation sites is 1. The quantitative estimate of drug-likeness (QED) is 0.467. The van der Waals surface area contributed by atoms with E-state index in [4.69, 9.17) is 14.0 Å². The smallest absolute Gasteiger partial charge is 0.342 e. The summed E-state index contributed by atoms with van der Waals surface area (Å²) in [5, 5.41) is 2.79. The van der Waals surface area contributed by atoms with Crippen LogP contribution < -0.4 is 9.61 Å². The van der Waals surface area contributed by atoms with Crippen LogP contribution in [0.15, 0.2) is 18.2 Å². The number of rotatable bonds is 10. The van der Waals surface area contributed by atoms with Crippen LogP contribution in [0.5, 0.6) is 5.75 Å². The Balaban J connectivity index is 3.24. The molecule has 0 radical (unpaired) electrons. The van der Waals surface area contributed by atoms with Crippen LogP contribution in [0, 0.1) is 0 Å². The number of nitrogens with one attached hydrogen (secondary N) is 1. The molecule has 0 amide bonds. The van der Waals surface area contributed by atoms with Gasteiger partial charge >= 0.3 is 13.5 Å². The van der Waals surface area contributed by atoms with E-state index < -0.39 is 19.5 Å². The average molecular weight is 385 g/mol. The maximum Gasteiger partial charge on any atom is 0.342 e. The topological polar surface area (TPSA) is 73.9 Å². The van der Waals surface area contributed by atoms with Crippen molar-refractivity contribution in [3.8, 4) is 5.75 Å². The standard InChI is InChI=1S/C19H32NO5P/c1-8-24-19(21)15(6)20-26(22,12-23-7)25-18-16(13(2)3)10-9-11-17(18)14(4)5/h9-11,13-15H,8,12H2,1-7H3,(H,20,22)/t15-,26?/m0/s1. The van der Waals surface area contributed by atoms with Crippen molar-refractivity contribution in [3.05, 3.63) is 29.3 Å². The van der Waals surface area contributed by atoms with E-state index in [1.54, 1.807) is 13.8 Å². The average Bonchev–Trinajstić information content (AvgIpc) is 2.54. The second kappa shape index (κ2) is 10.1. The molecule has 6 nitrogen and oxygen atoms in total. The summed E-state index contributed by atoms with van der Waals surface area (Å²) in [4.78, 5) is 11.9. The Morgan fingerprint density at radius 1 is 1.12 bits per heavy atom.